The van der Waals surface area contributed by atoms with Gasteiger partial charge in [-0.2, -0.15) is 0 Å². The van der Waals surface area contributed by atoms with E-state index in [1.54, 1.807) is 0 Å². The van der Waals surface area contributed by atoms with Crippen LogP contribution in [0.15, 0.2) is 54.6 Å². The highest BCUT2D eigenvalue weighted by Gasteiger charge is 2.40. The summed E-state index contributed by atoms with van der Waals surface area (Å²) >= 11 is 1.82. The van der Waals surface area contributed by atoms with Gasteiger partial charge in [-0.15, -0.1) is 11.3 Å². The van der Waals surface area contributed by atoms with Crippen molar-refractivity contribution in [3.8, 4) is 0 Å². The van der Waals surface area contributed by atoms with Crippen molar-refractivity contribution in [3.63, 3.8) is 0 Å². The molecule has 2 aromatic carbocycles. The molecule has 2 unspecified atom stereocenters. The Balaban J connectivity index is 0.00000132. The molecule has 21 heavy (non-hydrogen) atoms. The van der Waals surface area contributed by atoms with Gasteiger partial charge in [-0.05, 0) is 24.3 Å². The van der Waals surface area contributed by atoms with Crippen LogP contribution < -0.4 is 39.5 Å². The highest BCUT2D eigenvalue weighted by Crippen LogP contribution is 2.45. The second-order valence-corrected chi connectivity index (χ2v) is 6.14. The maximum absolute atomic E-state index is 6.44. The van der Waals surface area contributed by atoms with E-state index in [1.807, 2.05) is 17.4 Å². The molecule has 3 aromatic rings. The molecule has 1 aromatic heterocycles. The van der Waals surface area contributed by atoms with Crippen LogP contribution in [0.25, 0.3) is 10.1 Å². The summed E-state index contributed by atoms with van der Waals surface area (Å²) in [7, 11) is 2.14. The van der Waals surface area contributed by atoms with Crippen molar-refractivity contribution in [2.75, 3.05) is 11.9 Å². The molecule has 0 spiro atoms. The molecule has 3 nitrogen and oxygen atoms in total. The number of nitrogens with one attached hydrogen (secondary N) is 1. The monoisotopic (exact) mass is 409 g/mol. The fraction of sp³-hybridized carbons (Fsp3) is 0.125. The van der Waals surface area contributed by atoms with Gasteiger partial charge in [0.05, 0.1) is 12.4 Å². The third-order valence-electron chi connectivity index (χ3n) is 3.95. The summed E-state index contributed by atoms with van der Waals surface area (Å²) in [5.41, 5.74) is 8.91. The van der Waals surface area contributed by atoms with Crippen LogP contribution in [0.1, 0.15) is 0 Å². The molecule has 5 heteroatoms. The highest BCUT2D eigenvalue weighted by atomic mass is 127. The summed E-state index contributed by atoms with van der Waals surface area (Å²) in [5, 5.41) is 2.58. The van der Waals surface area contributed by atoms with E-state index >= 15 is 0 Å². The summed E-state index contributed by atoms with van der Waals surface area (Å²) in [4.78, 5) is 3.50. The second-order valence-electron chi connectivity index (χ2n) is 5.11. The number of rotatable bonds is 1. The first kappa shape index (κ1) is 14.8. The molecule has 4 rings (SSSR count). The Hall–Kier alpha value is -1.15. The molecule has 0 fully saturated rings. The van der Waals surface area contributed by atoms with Gasteiger partial charge in [-0.25, -0.2) is 0 Å². The van der Waals surface area contributed by atoms with Crippen LogP contribution in [-0.2, 0) is 0 Å². The fourth-order valence-electron chi connectivity index (χ4n) is 2.92. The number of anilines is 2. The number of para-hydroxylation sites is 1. The Kier molecular flexibility index (Phi) is 3.92. The van der Waals surface area contributed by atoms with Crippen molar-refractivity contribution in [2.24, 2.45) is 5.73 Å². The summed E-state index contributed by atoms with van der Waals surface area (Å²) in [6.07, 6.45) is -0.0664. The van der Waals surface area contributed by atoms with Crippen LogP contribution in [0.4, 0.5) is 16.4 Å². The summed E-state index contributed by atoms with van der Waals surface area (Å²) in [6.45, 7) is 0. The first-order chi connectivity index (χ1) is 9.77. The third kappa shape index (κ3) is 2.15. The zero-order valence-electron chi connectivity index (χ0n) is 11.6. The minimum Gasteiger partial charge on any atom is -1.00 e. The largest absolute Gasteiger partial charge is 1.00 e. The lowest BCUT2D eigenvalue weighted by molar-refractivity contribution is -0.829. The number of thiophene rings is 1. The fourth-order valence-corrected chi connectivity index (χ4v) is 4.24. The number of benzene rings is 2. The molecule has 0 radical (unpaired) electrons. The first-order valence-electron chi connectivity index (χ1n) is 6.72. The molecule has 0 aliphatic carbocycles. The number of quaternary nitrogens is 1. The SMILES string of the molecule is C[NH+]1c2c(sc3ccccc23)N(c2ccccc2)C1N.[I-]. The molecule has 1 aliphatic heterocycles. The lowest BCUT2D eigenvalue weighted by atomic mass is 10.2. The molecule has 0 bridgehead atoms. The van der Waals surface area contributed by atoms with Crippen LogP contribution in [0.5, 0.6) is 0 Å². The molecule has 2 heterocycles. The number of hydrogen-bond acceptors (Lipinski definition) is 3. The minimum atomic E-state index is -0.0664. The van der Waals surface area contributed by atoms with Crippen LogP contribution >= 0.6 is 11.3 Å². The molecule has 0 saturated carbocycles. The van der Waals surface area contributed by atoms with Crippen LogP contribution in [-0.4, -0.2) is 13.3 Å². The van der Waals surface area contributed by atoms with Gasteiger partial charge >= 0.3 is 0 Å². The van der Waals surface area contributed by atoms with Gasteiger partial charge in [0.2, 0.25) is 6.29 Å². The predicted molar refractivity (Wildman–Crippen MR) is 84.9 cm³/mol. The number of halogens is 1. The standard InChI is InChI=1S/C16H15N3S.HI/c1-18-14-12-9-5-6-10-13(12)20-15(14)19(16(18)17)11-7-3-2-4-8-11;/h2-10,16H,17H2,1H3;1H. The lowest BCUT2D eigenvalue weighted by Gasteiger charge is -2.23. The van der Waals surface area contributed by atoms with Crippen LogP contribution in [0.2, 0.25) is 0 Å². The van der Waals surface area contributed by atoms with E-state index in [4.69, 9.17) is 5.73 Å². The minimum absolute atomic E-state index is 0. The maximum Gasteiger partial charge on any atom is 0.228 e. The van der Waals surface area contributed by atoms with E-state index in [2.05, 4.69) is 60.5 Å². The van der Waals surface area contributed by atoms with E-state index in [1.165, 1.54) is 25.7 Å². The Morgan fingerprint density at radius 2 is 1.71 bits per heavy atom. The van der Waals surface area contributed by atoms with Crippen molar-refractivity contribution in [2.45, 2.75) is 6.29 Å². The molecule has 3 N–H and O–H groups in total. The van der Waals surface area contributed by atoms with Gasteiger partial charge in [0.15, 0.2) is 10.7 Å². The van der Waals surface area contributed by atoms with Gasteiger partial charge in [-0.1, -0.05) is 30.3 Å². The molecule has 108 valence electrons. The topological polar surface area (TPSA) is 33.7 Å². The molecule has 0 saturated heterocycles. The number of hydrogen-bond donors (Lipinski definition) is 2. The van der Waals surface area contributed by atoms with Gasteiger partial charge in [0.1, 0.15) is 0 Å². The second kappa shape index (κ2) is 5.57. The van der Waals surface area contributed by atoms with E-state index in [0.717, 1.165) is 5.69 Å². The van der Waals surface area contributed by atoms with Crippen molar-refractivity contribution < 1.29 is 28.9 Å². The predicted octanol–water partition coefficient (Wildman–Crippen LogP) is -0.554. The quantitative estimate of drug-likeness (QED) is 0.529. The number of nitrogens with zero attached hydrogens (tertiary/aromatic N) is 1. The Morgan fingerprint density at radius 1 is 1.05 bits per heavy atom. The number of fused-ring (bicyclic) bond motifs is 3. The zero-order valence-corrected chi connectivity index (χ0v) is 14.6. The van der Waals surface area contributed by atoms with Gasteiger partial charge in [0, 0.05) is 10.4 Å². The van der Waals surface area contributed by atoms with Gasteiger partial charge in [-0.3, -0.25) is 15.5 Å². The summed E-state index contributed by atoms with van der Waals surface area (Å²) in [6, 6.07) is 18.9. The Bertz CT molecular complexity index is 772. The summed E-state index contributed by atoms with van der Waals surface area (Å²) < 4.78 is 1.32. The average Bonchev–Trinajstić information content (AvgIpc) is 2.96. The molecule has 1 aliphatic rings. The van der Waals surface area contributed by atoms with Crippen molar-refractivity contribution >= 4 is 37.8 Å². The van der Waals surface area contributed by atoms with E-state index in [9.17, 15) is 0 Å². The van der Waals surface area contributed by atoms with E-state index < -0.39 is 0 Å². The average molecular weight is 409 g/mol. The van der Waals surface area contributed by atoms with Crippen LogP contribution in [0, 0.1) is 0 Å². The van der Waals surface area contributed by atoms with Gasteiger partial charge < -0.3 is 24.0 Å². The maximum atomic E-state index is 6.44. The molecule has 2 atom stereocenters. The molecular formula is C16H16IN3S. The lowest BCUT2D eigenvalue weighted by Crippen LogP contribution is -3.10. The Morgan fingerprint density at radius 3 is 2.48 bits per heavy atom. The normalized spacial score (nSPS) is 20.4. The van der Waals surface area contributed by atoms with Crippen molar-refractivity contribution in [1.82, 2.24) is 0 Å². The first-order valence-corrected chi connectivity index (χ1v) is 7.54. The Labute approximate surface area is 145 Å². The smallest absolute Gasteiger partial charge is 0.228 e. The molecule has 0 amide bonds. The highest BCUT2D eigenvalue weighted by molar-refractivity contribution is 7.23. The third-order valence-corrected chi connectivity index (χ3v) is 5.12. The van der Waals surface area contributed by atoms with E-state index in [-0.39, 0.29) is 30.3 Å². The molecular weight excluding hydrogens is 393 g/mol. The van der Waals surface area contributed by atoms with Crippen molar-refractivity contribution in [1.29, 1.82) is 0 Å². The zero-order chi connectivity index (χ0) is 13.7. The van der Waals surface area contributed by atoms with Gasteiger partial charge in [0.25, 0.3) is 0 Å². The number of nitrogens with two attached hydrogens (primary N) is 1. The summed E-state index contributed by atoms with van der Waals surface area (Å²) in [5.74, 6) is 0. The van der Waals surface area contributed by atoms with Crippen LogP contribution in [0.3, 0.4) is 0 Å². The van der Waals surface area contributed by atoms with Crippen molar-refractivity contribution in [3.05, 3.63) is 54.6 Å². The van der Waals surface area contributed by atoms with E-state index in [0.29, 0.717) is 0 Å².